The van der Waals surface area contributed by atoms with Crippen LogP contribution < -0.4 is 0 Å². The van der Waals surface area contributed by atoms with Crippen molar-refractivity contribution in [2.24, 2.45) is 0 Å². The van der Waals surface area contributed by atoms with E-state index < -0.39 is 227 Å². The lowest BCUT2D eigenvalue weighted by atomic mass is 9.94. The van der Waals surface area contributed by atoms with Gasteiger partial charge in [-0.2, -0.15) is 0 Å². The number of carbonyl (C=O) groups is 13. The first-order valence-corrected chi connectivity index (χ1v) is 25.6. The molecular weight excluding hydrogens is 1140 g/mol. The molecule has 84 heavy (non-hydrogen) atoms. The van der Waals surface area contributed by atoms with Gasteiger partial charge in [-0.25, -0.2) is 0 Å². The Morgan fingerprint density at radius 2 is 0.440 bits per heavy atom. The summed E-state index contributed by atoms with van der Waals surface area (Å²) in [6.07, 6.45) is -39.0. The Balaban J connectivity index is 1.97. The van der Waals surface area contributed by atoms with Gasteiger partial charge in [0, 0.05) is 90.0 Å². The third-order valence-corrected chi connectivity index (χ3v) is 11.8. The van der Waals surface area contributed by atoms with E-state index in [9.17, 15) is 67.4 Å². The molecule has 4 aliphatic rings. The second-order valence-corrected chi connectivity index (χ2v) is 18.9. The Labute approximate surface area is 478 Å². The quantitative estimate of drug-likeness (QED) is 0.0828. The normalized spacial score (nSPS) is 32.7. The summed E-state index contributed by atoms with van der Waals surface area (Å²) in [6.45, 7) is 8.90. The molecule has 4 saturated heterocycles. The fraction of sp³-hybridized carbons (Fsp3) is 0.740. The molecule has 0 bridgehead atoms. The first-order valence-electron chi connectivity index (χ1n) is 25.6. The largest absolute Gasteiger partial charge is 0.463 e. The molecule has 0 aromatic rings. The van der Waals surface area contributed by atoms with E-state index >= 15 is 0 Å². The Kier molecular flexibility index (Phi) is 26.1. The van der Waals surface area contributed by atoms with E-state index in [0.29, 0.717) is 0 Å². The van der Waals surface area contributed by atoms with Crippen LogP contribution in [0, 0.1) is 0 Å². The first-order chi connectivity index (χ1) is 39.3. The van der Waals surface area contributed by atoms with Crippen LogP contribution in [0.5, 0.6) is 0 Å². The van der Waals surface area contributed by atoms with Gasteiger partial charge in [0.05, 0.1) is 0 Å². The molecule has 4 fully saturated rings. The van der Waals surface area contributed by atoms with Crippen LogP contribution in [0.2, 0.25) is 0 Å². The number of ether oxygens (including phenoxy) is 20. The zero-order valence-corrected chi connectivity index (χ0v) is 47.8. The fourth-order valence-corrected chi connectivity index (χ4v) is 9.06. The van der Waals surface area contributed by atoms with Crippen LogP contribution in [-0.2, 0) is 157 Å². The predicted octanol–water partition coefficient (Wildman–Crippen LogP) is -2.33. The van der Waals surface area contributed by atoms with E-state index in [0.717, 1.165) is 90.0 Å². The highest BCUT2D eigenvalue weighted by atomic mass is 16.8. The Hall–Kier alpha value is -7.21. The molecule has 0 aliphatic carbocycles. The third-order valence-electron chi connectivity index (χ3n) is 11.8. The summed E-state index contributed by atoms with van der Waals surface area (Å²) in [7, 11) is 0. The SMILES string of the molecule is CC(=O)OC[C@@H]1O[C@H](O[C@@H]2[C@@H](OC(C)=O)[C@H](OC(C)=O)[C@@H](O[C@@H]3[C@@H](OC(C)=O)[C@H](OC(C)=O)[C@H](O[C@@H]4[C@@H](OC(C)=O)[C@H](OC(C)=O)C(O)O[C@H]4COC(C)=O)O[C@H]3COC(C)=O)O[C@H]2COC(C)=O)[C@@H](OC(C)=O)[C@H](OC(C)=O)[C@H]1OC(C)=O. The van der Waals surface area contributed by atoms with Crippen LogP contribution in [0.4, 0.5) is 0 Å². The van der Waals surface area contributed by atoms with E-state index in [-0.39, 0.29) is 0 Å². The predicted molar refractivity (Wildman–Crippen MR) is 258 cm³/mol. The molecular formula is C50H68O34. The minimum absolute atomic E-state index is 0.745. The molecule has 0 saturated carbocycles. The molecule has 4 heterocycles. The summed E-state index contributed by atoms with van der Waals surface area (Å²) in [6, 6.07) is 0. The molecule has 34 nitrogen and oxygen atoms in total. The average Bonchev–Trinajstić information content (AvgIpc) is 3.34. The summed E-state index contributed by atoms with van der Waals surface area (Å²) >= 11 is 0. The standard InChI is InChI=1S/C50H68O34/c1-18(51)65-14-31-36(39(70-23(6)56)43(47(64)78-31)74-27(10)60)82-49-45(76-29(12)62)41(72-25(8)58)38(33(80-49)16-67-20(3)53)84-50-46(77-30(13)63)42(73-26(9)59)37(34(81-50)17-68-21(4)54)83-48-44(75-28(11)61)40(71-24(7)57)35(69-22(5)55)32(79-48)15-66-19(2)52/h31-50,64H,14-17H2,1-13H3/t31-,32-,33-,34-,35-,36-,37-,38-,39+,40+,41+,42+,43-,44-,45-,46-,47?,48+,49-,50+/m0/s1. The third kappa shape index (κ3) is 20.5. The maximum absolute atomic E-state index is 13.2. The molecule has 0 aromatic heterocycles. The maximum Gasteiger partial charge on any atom is 0.303 e. The molecule has 0 aromatic carbocycles. The summed E-state index contributed by atoms with van der Waals surface area (Å²) in [5, 5.41) is 11.0. The smallest absolute Gasteiger partial charge is 0.303 e. The summed E-state index contributed by atoms with van der Waals surface area (Å²) in [4.78, 5) is 165. The molecule has 472 valence electrons. The number of rotatable bonds is 23. The zero-order valence-electron chi connectivity index (χ0n) is 47.8. The van der Waals surface area contributed by atoms with Crippen LogP contribution in [0.15, 0.2) is 0 Å². The number of hydrogen-bond donors (Lipinski definition) is 1. The van der Waals surface area contributed by atoms with Crippen molar-refractivity contribution in [1.29, 1.82) is 0 Å². The van der Waals surface area contributed by atoms with Crippen molar-refractivity contribution >= 4 is 77.6 Å². The number of aliphatic hydroxyl groups excluding tert-OH is 1. The van der Waals surface area contributed by atoms with Gasteiger partial charge in [-0.3, -0.25) is 62.3 Å². The lowest BCUT2D eigenvalue weighted by Crippen LogP contribution is -2.69. The van der Waals surface area contributed by atoms with Crippen molar-refractivity contribution in [1.82, 2.24) is 0 Å². The van der Waals surface area contributed by atoms with Crippen molar-refractivity contribution in [3.05, 3.63) is 0 Å². The molecule has 0 spiro atoms. The zero-order chi connectivity index (χ0) is 63.0. The second-order valence-electron chi connectivity index (χ2n) is 18.9. The van der Waals surface area contributed by atoms with Gasteiger partial charge in [-0.05, 0) is 0 Å². The topological polar surface area (TPSA) is 427 Å². The molecule has 4 rings (SSSR count). The van der Waals surface area contributed by atoms with Gasteiger partial charge >= 0.3 is 77.6 Å². The van der Waals surface area contributed by atoms with Gasteiger partial charge in [0.25, 0.3) is 0 Å². The van der Waals surface area contributed by atoms with E-state index in [1.807, 2.05) is 0 Å². The molecule has 0 radical (unpaired) electrons. The highest BCUT2D eigenvalue weighted by molar-refractivity contribution is 5.71. The van der Waals surface area contributed by atoms with Crippen molar-refractivity contribution < 1.29 is 162 Å². The second kappa shape index (κ2) is 31.6. The van der Waals surface area contributed by atoms with E-state index in [1.54, 1.807) is 0 Å². The summed E-state index contributed by atoms with van der Waals surface area (Å²) in [5.74, 6) is -13.5. The Morgan fingerprint density at radius 3 is 0.690 bits per heavy atom. The average molecular weight is 1210 g/mol. The lowest BCUT2D eigenvalue weighted by molar-refractivity contribution is -0.388. The van der Waals surface area contributed by atoms with E-state index in [1.165, 1.54) is 0 Å². The van der Waals surface area contributed by atoms with Gasteiger partial charge in [0.15, 0.2) is 80.1 Å². The first kappa shape index (κ1) is 69.3. The van der Waals surface area contributed by atoms with Crippen molar-refractivity contribution in [3.8, 4) is 0 Å². The molecule has 20 atom stereocenters. The van der Waals surface area contributed by atoms with Gasteiger partial charge in [-0.1, -0.05) is 0 Å². The van der Waals surface area contributed by atoms with Crippen LogP contribution in [0.3, 0.4) is 0 Å². The van der Waals surface area contributed by atoms with Gasteiger partial charge < -0.3 is 99.8 Å². The number of aliphatic hydroxyl groups is 1. The van der Waals surface area contributed by atoms with Crippen LogP contribution in [-0.4, -0.2) is 232 Å². The molecule has 0 amide bonds. The van der Waals surface area contributed by atoms with Crippen LogP contribution in [0.1, 0.15) is 90.0 Å². The van der Waals surface area contributed by atoms with Gasteiger partial charge in [0.1, 0.15) is 69.2 Å². The summed E-state index contributed by atoms with van der Waals surface area (Å²) < 4.78 is 115. The van der Waals surface area contributed by atoms with E-state index in [2.05, 4.69) is 0 Å². The molecule has 34 heteroatoms. The van der Waals surface area contributed by atoms with Crippen molar-refractivity contribution in [2.75, 3.05) is 26.4 Å². The minimum atomic E-state index is -2.21. The number of hydrogen-bond acceptors (Lipinski definition) is 34. The highest BCUT2D eigenvalue weighted by Crippen LogP contribution is 2.40. The maximum atomic E-state index is 13.2. The monoisotopic (exact) mass is 1210 g/mol. The van der Waals surface area contributed by atoms with Crippen molar-refractivity contribution in [2.45, 2.75) is 213 Å². The van der Waals surface area contributed by atoms with Gasteiger partial charge in [-0.15, -0.1) is 0 Å². The van der Waals surface area contributed by atoms with Crippen molar-refractivity contribution in [3.63, 3.8) is 0 Å². The Morgan fingerprint density at radius 1 is 0.250 bits per heavy atom. The summed E-state index contributed by atoms with van der Waals surface area (Å²) in [5.41, 5.74) is 0. The van der Waals surface area contributed by atoms with Gasteiger partial charge in [0.2, 0.25) is 0 Å². The van der Waals surface area contributed by atoms with Crippen LogP contribution >= 0.6 is 0 Å². The molecule has 1 N–H and O–H groups in total. The number of carbonyl (C=O) groups excluding carboxylic acids is 13. The lowest BCUT2D eigenvalue weighted by Gasteiger charge is -2.51. The fourth-order valence-electron chi connectivity index (χ4n) is 9.06. The Bertz CT molecular complexity index is 2410. The van der Waals surface area contributed by atoms with Crippen LogP contribution in [0.25, 0.3) is 0 Å². The number of esters is 13. The molecule has 1 unspecified atom stereocenters. The highest BCUT2D eigenvalue weighted by Gasteiger charge is 2.61. The minimum Gasteiger partial charge on any atom is -0.463 e. The van der Waals surface area contributed by atoms with E-state index in [4.69, 9.17) is 94.7 Å². The molecule has 4 aliphatic heterocycles.